The Morgan fingerprint density at radius 1 is 1.40 bits per heavy atom. The minimum atomic E-state index is -4.63. The van der Waals surface area contributed by atoms with Crippen molar-refractivity contribution in [2.24, 2.45) is 0 Å². The van der Waals surface area contributed by atoms with Crippen LogP contribution in [0.15, 0.2) is 16.3 Å². The molecule has 1 aromatic rings. The van der Waals surface area contributed by atoms with Gasteiger partial charge in [0.25, 0.3) is 10.0 Å². The van der Waals surface area contributed by atoms with Crippen molar-refractivity contribution in [2.75, 3.05) is 6.54 Å². The molecule has 0 atom stereocenters. The Morgan fingerprint density at radius 2 is 1.95 bits per heavy atom. The minimum Gasteiger partial charge on any atom is -0.480 e. The number of halogens is 3. The van der Waals surface area contributed by atoms with Gasteiger partial charge in [-0.25, -0.2) is 8.42 Å². The van der Waals surface area contributed by atoms with Crippen LogP contribution >= 0.6 is 11.3 Å². The molecule has 0 aliphatic heterocycles. The first-order chi connectivity index (χ1) is 8.96. The van der Waals surface area contributed by atoms with Gasteiger partial charge in [0.1, 0.15) is 15.6 Å². The molecule has 1 N–H and O–H groups in total. The molecule has 0 fully saturated rings. The van der Waals surface area contributed by atoms with Gasteiger partial charge >= 0.3 is 12.1 Å². The van der Waals surface area contributed by atoms with E-state index in [4.69, 9.17) is 5.11 Å². The van der Waals surface area contributed by atoms with Gasteiger partial charge in [0, 0.05) is 6.04 Å². The second-order valence-corrected chi connectivity index (χ2v) is 7.36. The van der Waals surface area contributed by atoms with Crippen LogP contribution in [0.1, 0.15) is 18.7 Å². The Bertz CT molecular complexity index is 592. The van der Waals surface area contributed by atoms with Crippen molar-refractivity contribution < 1.29 is 31.5 Å². The summed E-state index contributed by atoms with van der Waals surface area (Å²) in [6.07, 6.45) is -4.63. The standard InChI is InChI=1S/C10H12F3NO4S2/c1-6(2)14(5-8(15)16)20(17,18)9-4-3-7(19-9)10(11,12)13/h3-4,6H,5H2,1-2H3,(H,15,16). The number of carboxylic acid groups (broad SMARTS) is 1. The first-order valence-electron chi connectivity index (χ1n) is 5.37. The van der Waals surface area contributed by atoms with Crippen molar-refractivity contribution >= 4 is 27.3 Å². The Hall–Kier alpha value is -1.13. The van der Waals surface area contributed by atoms with Crippen LogP contribution in [-0.4, -0.2) is 36.4 Å². The molecule has 0 unspecified atom stereocenters. The van der Waals surface area contributed by atoms with E-state index >= 15 is 0 Å². The maximum absolute atomic E-state index is 12.5. The normalized spacial score (nSPS) is 13.2. The third-order valence-corrected chi connectivity index (χ3v) is 5.91. The number of sulfonamides is 1. The van der Waals surface area contributed by atoms with Crippen molar-refractivity contribution in [3.05, 3.63) is 17.0 Å². The van der Waals surface area contributed by atoms with Crippen LogP contribution in [0.2, 0.25) is 0 Å². The molecular formula is C10H12F3NO4S2. The van der Waals surface area contributed by atoms with E-state index in [1.54, 1.807) is 0 Å². The summed E-state index contributed by atoms with van der Waals surface area (Å²) in [6.45, 7) is 2.08. The molecule has 1 rings (SSSR count). The van der Waals surface area contributed by atoms with Crippen LogP contribution in [0.25, 0.3) is 0 Å². The van der Waals surface area contributed by atoms with Crippen molar-refractivity contribution in [3.63, 3.8) is 0 Å². The lowest BCUT2D eigenvalue weighted by Crippen LogP contribution is -2.40. The van der Waals surface area contributed by atoms with Crippen LogP contribution in [-0.2, 0) is 21.0 Å². The molecule has 10 heteroatoms. The lowest BCUT2D eigenvalue weighted by molar-refractivity contribution is -0.137. The molecule has 114 valence electrons. The summed E-state index contributed by atoms with van der Waals surface area (Å²) in [5, 5.41) is 8.69. The van der Waals surface area contributed by atoms with Gasteiger partial charge < -0.3 is 5.11 Å². The molecule has 0 saturated carbocycles. The number of nitrogens with zero attached hydrogens (tertiary/aromatic N) is 1. The van der Waals surface area contributed by atoms with E-state index in [0.717, 1.165) is 6.07 Å². The summed E-state index contributed by atoms with van der Waals surface area (Å²) < 4.78 is 61.8. The number of alkyl halides is 3. The Morgan fingerprint density at radius 3 is 2.30 bits per heavy atom. The van der Waals surface area contributed by atoms with Crippen molar-refractivity contribution in [2.45, 2.75) is 30.3 Å². The van der Waals surface area contributed by atoms with Crippen molar-refractivity contribution in [3.8, 4) is 0 Å². The Balaban J connectivity index is 3.20. The highest BCUT2D eigenvalue weighted by Crippen LogP contribution is 2.37. The maximum Gasteiger partial charge on any atom is 0.425 e. The first kappa shape index (κ1) is 16.9. The molecule has 0 aliphatic rings. The Kier molecular flexibility index (Phi) is 4.82. The van der Waals surface area contributed by atoms with Gasteiger partial charge in [0.15, 0.2) is 0 Å². The predicted molar refractivity (Wildman–Crippen MR) is 66.0 cm³/mol. The highest BCUT2D eigenvalue weighted by atomic mass is 32.2. The van der Waals surface area contributed by atoms with Gasteiger partial charge in [-0.15, -0.1) is 11.3 Å². The molecule has 20 heavy (non-hydrogen) atoms. The Labute approximate surface area is 117 Å². The molecular weight excluding hydrogens is 319 g/mol. The van der Waals surface area contributed by atoms with Crippen molar-refractivity contribution in [1.82, 2.24) is 4.31 Å². The lowest BCUT2D eigenvalue weighted by Gasteiger charge is -2.23. The molecule has 0 bridgehead atoms. The molecule has 0 saturated heterocycles. The number of aliphatic carboxylic acids is 1. The molecule has 0 amide bonds. The number of carboxylic acids is 1. The number of carbonyl (C=O) groups is 1. The zero-order valence-electron chi connectivity index (χ0n) is 10.5. The third kappa shape index (κ3) is 3.70. The van der Waals surface area contributed by atoms with Gasteiger partial charge in [-0.05, 0) is 26.0 Å². The van der Waals surface area contributed by atoms with E-state index in [0.29, 0.717) is 10.4 Å². The van der Waals surface area contributed by atoms with Gasteiger partial charge in [0.05, 0.1) is 0 Å². The summed E-state index contributed by atoms with van der Waals surface area (Å²) in [6, 6.07) is 0.809. The lowest BCUT2D eigenvalue weighted by atomic mass is 10.4. The van der Waals surface area contributed by atoms with Crippen LogP contribution in [0.5, 0.6) is 0 Å². The van der Waals surface area contributed by atoms with Crippen LogP contribution < -0.4 is 0 Å². The third-order valence-electron chi connectivity index (χ3n) is 2.29. The zero-order valence-corrected chi connectivity index (χ0v) is 12.1. The van der Waals surface area contributed by atoms with E-state index in [9.17, 15) is 26.4 Å². The molecule has 1 heterocycles. The smallest absolute Gasteiger partial charge is 0.425 e. The summed E-state index contributed by atoms with van der Waals surface area (Å²) in [5.41, 5.74) is 0. The first-order valence-corrected chi connectivity index (χ1v) is 7.62. The average Bonchev–Trinajstić information content (AvgIpc) is 2.74. The van der Waals surface area contributed by atoms with Crippen LogP contribution in [0.4, 0.5) is 13.2 Å². The summed E-state index contributed by atoms with van der Waals surface area (Å²) in [5.74, 6) is -1.38. The summed E-state index contributed by atoms with van der Waals surface area (Å²) in [4.78, 5) is 9.63. The summed E-state index contributed by atoms with van der Waals surface area (Å²) >= 11 is 0.0720. The number of hydrogen-bond donors (Lipinski definition) is 1. The quantitative estimate of drug-likeness (QED) is 0.898. The number of thiophene rings is 1. The van der Waals surface area contributed by atoms with Gasteiger partial charge in [-0.1, -0.05) is 0 Å². The van der Waals surface area contributed by atoms with E-state index < -0.39 is 43.8 Å². The fourth-order valence-electron chi connectivity index (χ4n) is 1.41. The van der Waals surface area contributed by atoms with Crippen molar-refractivity contribution in [1.29, 1.82) is 0 Å². The largest absolute Gasteiger partial charge is 0.480 e. The highest BCUT2D eigenvalue weighted by molar-refractivity contribution is 7.91. The fraction of sp³-hybridized carbons (Fsp3) is 0.500. The summed E-state index contributed by atoms with van der Waals surface area (Å²) in [7, 11) is -4.26. The predicted octanol–water partition coefficient (Wildman–Crippen LogP) is 2.25. The monoisotopic (exact) mass is 331 g/mol. The van der Waals surface area contributed by atoms with E-state index in [-0.39, 0.29) is 11.3 Å². The molecule has 0 aromatic carbocycles. The molecule has 5 nitrogen and oxygen atoms in total. The zero-order chi connectivity index (χ0) is 15.7. The van der Waals surface area contributed by atoms with E-state index in [1.165, 1.54) is 13.8 Å². The molecule has 0 spiro atoms. The topological polar surface area (TPSA) is 74.7 Å². The highest BCUT2D eigenvalue weighted by Gasteiger charge is 2.36. The maximum atomic E-state index is 12.5. The SMILES string of the molecule is CC(C)N(CC(=O)O)S(=O)(=O)c1ccc(C(F)(F)F)s1. The molecule has 0 aliphatic carbocycles. The van der Waals surface area contributed by atoms with E-state index in [1.807, 2.05) is 0 Å². The average molecular weight is 331 g/mol. The molecule has 1 aromatic heterocycles. The second-order valence-electron chi connectivity index (χ2n) is 4.15. The minimum absolute atomic E-state index is 0.0720. The van der Waals surface area contributed by atoms with Gasteiger partial charge in [-0.2, -0.15) is 17.5 Å². The van der Waals surface area contributed by atoms with Crippen LogP contribution in [0.3, 0.4) is 0 Å². The fourth-order valence-corrected chi connectivity index (χ4v) is 4.29. The van der Waals surface area contributed by atoms with Crippen LogP contribution in [0, 0.1) is 0 Å². The van der Waals surface area contributed by atoms with E-state index in [2.05, 4.69) is 0 Å². The molecule has 0 radical (unpaired) electrons. The van der Waals surface area contributed by atoms with Gasteiger partial charge in [-0.3, -0.25) is 4.79 Å². The van der Waals surface area contributed by atoms with Gasteiger partial charge in [0.2, 0.25) is 0 Å². The number of hydrogen-bond acceptors (Lipinski definition) is 4. The number of rotatable bonds is 5. The second kappa shape index (κ2) is 5.70.